The van der Waals surface area contributed by atoms with Crippen molar-refractivity contribution in [2.24, 2.45) is 10.9 Å². The van der Waals surface area contributed by atoms with Gasteiger partial charge in [0.05, 0.1) is 16.7 Å². The van der Waals surface area contributed by atoms with Crippen LogP contribution in [-0.4, -0.2) is 63.6 Å². The molecule has 0 aromatic heterocycles. The van der Waals surface area contributed by atoms with Crippen molar-refractivity contribution in [2.75, 3.05) is 6.61 Å². The van der Waals surface area contributed by atoms with Gasteiger partial charge in [0.2, 0.25) is 6.04 Å². The molecule has 13 heteroatoms. The quantitative estimate of drug-likeness (QED) is 0.165. The standard InChI is InChI=1S/C20H18Cl2F3N3O4S/c21-9-2-1-3-14(15(9)22)33-20-19(31)17(18(30)13(7-29)32-20)27-6-12(28-26)8-4-10(23)16(25)11(24)5-8/h1-6,13,17-20,29-31H,7,26H2/p+1/t13?,17?,18-,19?,20+/m0/s1. The fourth-order valence-electron chi connectivity index (χ4n) is 3.16. The van der Waals surface area contributed by atoms with Gasteiger partial charge >= 0.3 is 0 Å². The van der Waals surface area contributed by atoms with Crippen LogP contribution < -0.4 is 10.8 Å². The molecule has 1 fully saturated rings. The first-order valence-corrected chi connectivity index (χ1v) is 11.1. The molecule has 1 aliphatic heterocycles. The largest absolute Gasteiger partial charge is 0.394 e. The van der Waals surface area contributed by atoms with Gasteiger partial charge in [-0.05, 0) is 24.3 Å². The fraction of sp³-hybridized carbons (Fsp3) is 0.300. The van der Waals surface area contributed by atoms with Gasteiger partial charge in [0, 0.05) is 10.5 Å². The number of nitrogens with zero attached hydrogens (tertiary/aromatic N) is 1. The maximum Gasteiger partial charge on any atom is 0.208 e. The highest BCUT2D eigenvalue weighted by molar-refractivity contribution is 8.00. The van der Waals surface area contributed by atoms with Crippen molar-refractivity contribution in [3.8, 4) is 0 Å². The van der Waals surface area contributed by atoms with Gasteiger partial charge in [0.15, 0.2) is 35.5 Å². The summed E-state index contributed by atoms with van der Waals surface area (Å²) >= 11 is 13.2. The fourth-order valence-corrected chi connectivity index (χ4v) is 4.77. The molecular formula is C20H19Cl2F3N3O4S+. The topological polar surface area (TPSA) is 122 Å². The Morgan fingerprint density at radius 1 is 1.18 bits per heavy atom. The lowest BCUT2D eigenvalue weighted by Crippen LogP contribution is -2.87. The van der Waals surface area contributed by atoms with E-state index in [9.17, 15) is 28.5 Å². The zero-order valence-electron chi connectivity index (χ0n) is 16.6. The van der Waals surface area contributed by atoms with E-state index in [0.717, 1.165) is 18.0 Å². The molecule has 2 aromatic carbocycles. The van der Waals surface area contributed by atoms with Crippen LogP contribution in [0, 0.1) is 17.5 Å². The lowest BCUT2D eigenvalue weighted by Gasteiger charge is -2.37. The Balaban J connectivity index is 1.88. The maximum absolute atomic E-state index is 13.6. The molecule has 0 saturated carbocycles. The average molecular weight is 525 g/mol. The van der Waals surface area contributed by atoms with Crippen LogP contribution in [0.15, 0.2) is 40.3 Å². The normalized spacial score (nSPS) is 26.2. The Hall–Kier alpha value is -1.86. The van der Waals surface area contributed by atoms with Crippen molar-refractivity contribution in [2.45, 2.75) is 34.7 Å². The van der Waals surface area contributed by atoms with E-state index in [4.69, 9.17) is 33.8 Å². The molecule has 0 aliphatic carbocycles. The zero-order valence-corrected chi connectivity index (χ0v) is 19.0. The number of halogens is 5. The minimum atomic E-state index is -1.65. The Morgan fingerprint density at radius 2 is 1.85 bits per heavy atom. The van der Waals surface area contributed by atoms with E-state index in [1.54, 1.807) is 18.2 Å². The summed E-state index contributed by atoms with van der Waals surface area (Å²) in [5, 5.41) is 34.9. The number of benzene rings is 2. The van der Waals surface area contributed by atoms with Crippen LogP contribution >= 0.6 is 35.0 Å². The monoisotopic (exact) mass is 524 g/mol. The van der Waals surface area contributed by atoms with Crippen LogP contribution in [0.2, 0.25) is 10.0 Å². The van der Waals surface area contributed by atoms with Crippen LogP contribution in [0.5, 0.6) is 0 Å². The molecule has 178 valence electrons. The van der Waals surface area contributed by atoms with Gasteiger partial charge in [-0.25, -0.2) is 18.2 Å². The van der Waals surface area contributed by atoms with Crippen molar-refractivity contribution in [3.63, 3.8) is 0 Å². The summed E-state index contributed by atoms with van der Waals surface area (Å²) < 4.78 is 46.0. The Kier molecular flexibility index (Phi) is 8.62. The van der Waals surface area contributed by atoms with Crippen molar-refractivity contribution in [1.29, 1.82) is 0 Å². The molecule has 3 unspecified atom stereocenters. The van der Waals surface area contributed by atoms with E-state index in [-0.39, 0.29) is 21.3 Å². The molecule has 1 saturated heterocycles. The lowest BCUT2D eigenvalue weighted by molar-refractivity contribution is -0.537. The number of aliphatic hydroxyl groups is 3. The lowest BCUT2D eigenvalue weighted by atomic mass is 9.98. The van der Waals surface area contributed by atoms with Gasteiger partial charge in [-0.3, -0.25) is 0 Å². The molecule has 0 spiro atoms. The highest BCUT2D eigenvalue weighted by Gasteiger charge is 2.48. The Morgan fingerprint density at radius 3 is 2.45 bits per heavy atom. The Labute approximate surface area is 200 Å². The second kappa shape index (κ2) is 11.0. The predicted molar refractivity (Wildman–Crippen MR) is 118 cm³/mol. The number of nitrogens with one attached hydrogen (secondary N) is 1. The van der Waals surface area contributed by atoms with Crippen LogP contribution in [0.4, 0.5) is 13.2 Å². The number of hydrazone groups is 1. The van der Waals surface area contributed by atoms with Crippen LogP contribution in [0.3, 0.4) is 0 Å². The number of hydrogen-bond acceptors (Lipinski definition) is 7. The summed E-state index contributed by atoms with van der Waals surface area (Å²) in [5.74, 6) is 0.762. The van der Waals surface area contributed by atoms with Gasteiger partial charge in [-0.15, -0.1) is 0 Å². The third-order valence-corrected chi connectivity index (χ3v) is 7.02. The summed E-state index contributed by atoms with van der Waals surface area (Å²) in [4.78, 5) is 3.18. The summed E-state index contributed by atoms with van der Waals surface area (Å²) in [5.41, 5.74) is -1.37. The molecule has 0 radical (unpaired) electrons. The van der Waals surface area contributed by atoms with Gasteiger partial charge in [0.1, 0.15) is 17.6 Å². The van der Waals surface area contributed by atoms with E-state index in [2.05, 4.69) is 10.1 Å². The first-order valence-electron chi connectivity index (χ1n) is 9.43. The van der Waals surface area contributed by atoms with Crippen LogP contribution in [0.25, 0.3) is 0 Å². The Bertz CT molecular complexity index is 1060. The van der Waals surface area contributed by atoms with Gasteiger partial charge in [0.25, 0.3) is 0 Å². The van der Waals surface area contributed by atoms with E-state index in [0.29, 0.717) is 17.0 Å². The van der Waals surface area contributed by atoms with Crippen LogP contribution in [0.1, 0.15) is 5.56 Å². The second-order valence-corrected chi connectivity index (χ2v) is 8.91. The number of thioether (sulfide) groups is 1. The first-order chi connectivity index (χ1) is 15.7. The van der Waals surface area contributed by atoms with Gasteiger partial charge in [-0.2, -0.15) is 5.10 Å². The summed E-state index contributed by atoms with van der Waals surface area (Å²) in [6.07, 6.45) is -2.75. The van der Waals surface area contributed by atoms with Crippen molar-refractivity contribution in [1.82, 2.24) is 0 Å². The van der Waals surface area contributed by atoms with Crippen molar-refractivity contribution >= 4 is 46.9 Å². The van der Waals surface area contributed by atoms with E-state index in [1.807, 2.05) is 0 Å². The van der Waals surface area contributed by atoms with E-state index in [1.165, 1.54) is 0 Å². The third kappa shape index (κ3) is 5.62. The third-order valence-electron chi connectivity index (χ3n) is 4.87. The highest BCUT2D eigenvalue weighted by atomic mass is 35.5. The summed E-state index contributed by atoms with van der Waals surface area (Å²) in [7, 11) is 0. The maximum atomic E-state index is 13.6. The molecule has 7 nitrogen and oxygen atoms in total. The molecule has 2 aromatic rings. The summed E-state index contributed by atoms with van der Waals surface area (Å²) in [6.45, 7) is -0.571. The first kappa shape index (κ1) is 25.8. The minimum absolute atomic E-state index is 0.187. The van der Waals surface area contributed by atoms with Crippen molar-refractivity contribution in [3.05, 3.63) is 63.4 Å². The van der Waals surface area contributed by atoms with E-state index >= 15 is 0 Å². The summed E-state index contributed by atoms with van der Waals surface area (Å²) in [6, 6.07) is 5.14. The average Bonchev–Trinajstić information content (AvgIpc) is 2.79. The van der Waals surface area contributed by atoms with Crippen molar-refractivity contribution < 1.29 is 38.2 Å². The van der Waals surface area contributed by atoms with Gasteiger partial charge in [-0.1, -0.05) is 41.0 Å². The number of hydrogen-bond donors (Lipinski definition) is 5. The number of ether oxygens (including phenoxy) is 1. The minimum Gasteiger partial charge on any atom is -0.394 e. The molecule has 0 bridgehead atoms. The smallest absolute Gasteiger partial charge is 0.208 e. The SMILES string of the molecule is NN=C(C=[NH+]C1C(O)[C@@H](Sc2cccc(Cl)c2Cl)OC(CO)[C@@H]1O)c1cc(F)c(F)c(F)c1. The second-order valence-electron chi connectivity index (χ2n) is 6.98. The molecule has 3 rings (SSSR count). The zero-order chi connectivity index (χ0) is 24.3. The molecule has 33 heavy (non-hydrogen) atoms. The molecule has 1 heterocycles. The van der Waals surface area contributed by atoms with Gasteiger partial charge < -0.3 is 25.9 Å². The predicted octanol–water partition coefficient (Wildman–Crippen LogP) is 0.825. The molecular weight excluding hydrogens is 506 g/mol. The van der Waals surface area contributed by atoms with E-state index < -0.39 is 53.8 Å². The highest BCUT2D eigenvalue weighted by Crippen LogP contribution is 2.38. The molecule has 6 N–H and O–H groups in total. The molecule has 0 amide bonds. The molecule has 1 aliphatic rings. The number of rotatable bonds is 6. The number of aliphatic hydroxyl groups excluding tert-OH is 3. The number of nitrogens with two attached hydrogens (primary N) is 1. The van der Waals surface area contributed by atoms with Crippen LogP contribution in [-0.2, 0) is 4.74 Å². The molecule has 5 atom stereocenters.